The van der Waals surface area contributed by atoms with Gasteiger partial charge in [-0.15, -0.1) is 0 Å². The van der Waals surface area contributed by atoms with Crippen molar-refractivity contribution in [3.63, 3.8) is 0 Å². The number of hydrogen-bond donors (Lipinski definition) is 0. The Morgan fingerprint density at radius 3 is 2.57 bits per heavy atom. The van der Waals surface area contributed by atoms with Gasteiger partial charge in [-0.3, -0.25) is 0 Å². The molecule has 0 aliphatic carbocycles. The van der Waals surface area contributed by atoms with Crippen LogP contribution in [-0.4, -0.2) is 0 Å². The highest BCUT2D eigenvalue weighted by atomic mass is 14.1. The van der Waals surface area contributed by atoms with Gasteiger partial charge in [-0.25, -0.2) is 0 Å². The van der Waals surface area contributed by atoms with E-state index in [0.29, 0.717) is 0 Å². The summed E-state index contributed by atoms with van der Waals surface area (Å²) in [5, 5.41) is 0. The maximum Gasteiger partial charge on any atom is -0.0152 e. The number of benzene rings is 2. The number of hydrogen-bond acceptors (Lipinski definition) is 0. The minimum atomic E-state index is 1.24. The maximum absolute atomic E-state index is 3.11. The first-order chi connectivity index (χ1) is 6.79. The number of aryl methyl sites for hydroxylation is 1. The first-order valence-corrected chi connectivity index (χ1v) is 4.82. The molecule has 0 atom stereocenters. The maximum atomic E-state index is 3.11. The van der Waals surface area contributed by atoms with E-state index in [2.05, 4.69) is 44.2 Å². The molecule has 14 heavy (non-hydrogen) atoms. The first-order valence-electron chi connectivity index (χ1n) is 4.82. The third kappa shape index (κ3) is 1.56. The molecule has 0 N–H and O–H groups in total. The molecule has 0 unspecified atom stereocenters. The molecule has 0 bridgehead atoms. The molecule has 0 aliphatic rings. The molecule has 2 aromatic carbocycles. The molecule has 0 aliphatic heterocycles. The Balaban J connectivity index is 2.58. The van der Waals surface area contributed by atoms with Crippen LogP contribution in [0.5, 0.6) is 0 Å². The second-order valence-corrected chi connectivity index (χ2v) is 3.54. The standard InChI is InChI=1S/C14H13/c1-11-7-6-10-14(12(11)2)13-8-4-3-5-9-13/h3-4,6-10H,1-2H3. The molecule has 2 rings (SSSR count). The zero-order valence-corrected chi connectivity index (χ0v) is 8.54. The van der Waals surface area contributed by atoms with Gasteiger partial charge in [-0.2, -0.15) is 0 Å². The van der Waals surface area contributed by atoms with Crippen molar-refractivity contribution in [3.05, 3.63) is 59.7 Å². The second kappa shape index (κ2) is 3.67. The van der Waals surface area contributed by atoms with Crippen LogP contribution in [0.25, 0.3) is 11.1 Å². The fourth-order valence-electron chi connectivity index (χ4n) is 1.62. The summed E-state index contributed by atoms with van der Waals surface area (Å²) in [4.78, 5) is 0. The molecular formula is C14H13. The SMILES string of the molecule is Cc1cccc(-c2c[c]ccc2)c1C. The summed E-state index contributed by atoms with van der Waals surface area (Å²) < 4.78 is 0. The lowest BCUT2D eigenvalue weighted by Gasteiger charge is -2.07. The van der Waals surface area contributed by atoms with Crippen LogP contribution in [0, 0.1) is 19.9 Å². The van der Waals surface area contributed by atoms with Crippen LogP contribution in [0.4, 0.5) is 0 Å². The molecule has 0 saturated heterocycles. The predicted octanol–water partition coefficient (Wildman–Crippen LogP) is 3.77. The van der Waals surface area contributed by atoms with Gasteiger partial charge in [0.15, 0.2) is 0 Å². The second-order valence-electron chi connectivity index (χ2n) is 3.54. The zero-order chi connectivity index (χ0) is 9.97. The predicted molar refractivity (Wildman–Crippen MR) is 60.2 cm³/mol. The largest absolute Gasteiger partial charge is 0.0614 e. The van der Waals surface area contributed by atoms with Crippen LogP contribution < -0.4 is 0 Å². The molecule has 0 heteroatoms. The van der Waals surface area contributed by atoms with Crippen LogP contribution in [0.15, 0.2) is 42.5 Å². The Kier molecular flexibility index (Phi) is 2.36. The molecular weight excluding hydrogens is 168 g/mol. The van der Waals surface area contributed by atoms with Gasteiger partial charge in [0.2, 0.25) is 0 Å². The third-order valence-corrected chi connectivity index (χ3v) is 2.62. The van der Waals surface area contributed by atoms with E-state index in [9.17, 15) is 0 Å². The summed E-state index contributed by atoms with van der Waals surface area (Å²) in [6, 6.07) is 17.6. The summed E-state index contributed by atoms with van der Waals surface area (Å²) in [5.74, 6) is 0. The van der Waals surface area contributed by atoms with Crippen molar-refractivity contribution in [1.82, 2.24) is 0 Å². The van der Waals surface area contributed by atoms with Gasteiger partial charge in [0.25, 0.3) is 0 Å². The highest BCUT2D eigenvalue weighted by Crippen LogP contribution is 2.24. The van der Waals surface area contributed by atoms with Gasteiger partial charge in [0.05, 0.1) is 0 Å². The molecule has 2 aromatic rings. The van der Waals surface area contributed by atoms with Crippen LogP contribution >= 0.6 is 0 Å². The molecule has 69 valence electrons. The Morgan fingerprint density at radius 2 is 1.86 bits per heavy atom. The Bertz CT molecular complexity index is 427. The van der Waals surface area contributed by atoms with Crippen molar-refractivity contribution < 1.29 is 0 Å². The van der Waals surface area contributed by atoms with Gasteiger partial charge in [0, 0.05) is 0 Å². The Hall–Kier alpha value is -1.56. The molecule has 1 radical (unpaired) electrons. The lowest BCUT2D eigenvalue weighted by molar-refractivity contribution is 1.34. The van der Waals surface area contributed by atoms with E-state index in [1.165, 1.54) is 22.3 Å². The normalized spacial score (nSPS) is 10.1. The highest BCUT2D eigenvalue weighted by molar-refractivity contribution is 5.68. The van der Waals surface area contributed by atoms with Gasteiger partial charge >= 0.3 is 0 Å². The molecule has 0 saturated carbocycles. The molecule has 0 fully saturated rings. The Labute approximate surface area is 85.2 Å². The lowest BCUT2D eigenvalue weighted by Crippen LogP contribution is -1.86. The van der Waals surface area contributed by atoms with E-state index in [4.69, 9.17) is 0 Å². The lowest BCUT2D eigenvalue weighted by atomic mass is 9.97. The van der Waals surface area contributed by atoms with Gasteiger partial charge in [-0.1, -0.05) is 36.4 Å². The molecule has 0 amide bonds. The summed E-state index contributed by atoms with van der Waals surface area (Å²) in [5.41, 5.74) is 5.24. The van der Waals surface area contributed by atoms with E-state index in [1.807, 2.05) is 18.2 Å². The van der Waals surface area contributed by atoms with E-state index < -0.39 is 0 Å². The molecule has 0 nitrogen and oxygen atoms in total. The van der Waals surface area contributed by atoms with Crippen molar-refractivity contribution in [2.75, 3.05) is 0 Å². The van der Waals surface area contributed by atoms with Crippen molar-refractivity contribution in [1.29, 1.82) is 0 Å². The van der Waals surface area contributed by atoms with E-state index in [-0.39, 0.29) is 0 Å². The molecule has 0 heterocycles. The topological polar surface area (TPSA) is 0 Å². The molecule has 0 spiro atoms. The van der Waals surface area contributed by atoms with Crippen molar-refractivity contribution in [2.24, 2.45) is 0 Å². The Morgan fingerprint density at radius 1 is 1.00 bits per heavy atom. The minimum absolute atomic E-state index is 1.24. The van der Waals surface area contributed by atoms with Gasteiger partial charge < -0.3 is 0 Å². The summed E-state index contributed by atoms with van der Waals surface area (Å²) in [7, 11) is 0. The van der Waals surface area contributed by atoms with E-state index in [1.54, 1.807) is 0 Å². The summed E-state index contributed by atoms with van der Waals surface area (Å²) in [6.07, 6.45) is 0. The van der Waals surface area contributed by atoms with Crippen LogP contribution in [0.3, 0.4) is 0 Å². The van der Waals surface area contributed by atoms with Crippen molar-refractivity contribution >= 4 is 0 Å². The number of rotatable bonds is 1. The minimum Gasteiger partial charge on any atom is -0.0614 e. The average Bonchev–Trinajstić information content (AvgIpc) is 2.23. The summed E-state index contributed by atoms with van der Waals surface area (Å²) >= 11 is 0. The van der Waals surface area contributed by atoms with Gasteiger partial charge in [0.1, 0.15) is 0 Å². The van der Waals surface area contributed by atoms with Crippen LogP contribution in [-0.2, 0) is 0 Å². The monoisotopic (exact) mass is 181 g/mol. The highest BCUT2D eigenvalue weighted by Gasteiger charge is 2.01. The quantitative estimate of drug-likeness (QED) is 0.628. The fourth-order valence-corrected chi connectivity index (χ4v) is 1.62. The van der Waals surface area contributed by atoms with Crippen LogP contribution in [0.2, 0.25) is 0 Å². The van der Waals surface area contributed by atoms with Crippen LogP contribution in [0.1, 0.15) is 11.1 Å². The van der Waals surface area contributed by atoms with Crippen molar-refractivity contribution in [2.45, 2.75) is 13.8 Å². The fraction of sp³-hybridized carbons (Fsp3) is 0.143. The third-order valence-electron chi connectivity index (χ3n) is 2.62. The van der Waals surface area contributed by atoms with E-state index >= 15 is 0 Å². The first kappa shape index (κ1) is 9.01. The van der Waals surface area contributed by atoms with E-state index in [0.717, 1.165) is 0 Å². The summed E-state index contributed by atoms with van der Waals surface area (Å²) in [6.45, 7) is 4.31. The van der Waals surface area contributed by atoms with Gasteiger partial charge in [-0.05, 0) is 48.2 Å². The smallest absolute Gasteiger partial charge is 0.0152 e. The van der Waals surface area contributed by atoms with Crippen molar-refractivity contribution in [3.8, 4) is 11.1 Å². The molecule has 0 aromatic heterocycles. The zero-order valence-electron chi connectivity index (χ0n) is 8.54. The average molecular weight is 181 g/mol.